The molecule has 0 aliphatic heterocycles. The molecule has 1 aromatic heterocycles. The van der Waals surface area contributed by atoms with Crippen LogP contribution in [0.15, 0.2) is 12.4 Å². The molecule has 0 spiro atoms. The molecule has 6 nitrogen and oxygen atoms in total. The summed E-state index contributed by atoms with van der Waals surface area (Å²) in [5.74, 6) is -1.30. The monoisotopic (exact) mass is 265 g/mol. The largest absolute Gasteiger partial charge is 0.480 e. The van der Waals surface area contributed by atoms with Gasteiger partial charge in [-0.05, 0) is 12.8 Å². The van der Waals surface area contributed by atoms with Gasteiger partial charge in [0.2, 0.25) is 0 Å². The standard InChI is InChI=1S/C13H19N3O3/c1-16-9-10(8-14-16)11(17)15-13(12(18)19)6-4-2-3-5-7-13/h8-9H,2-7H2,1H3,(H,15,17)(H,18,19). The molecular formula is C13H19N3O3. The minimum atomic E-state index is -1.12. The van der Waals surface area contributed by atoms with Gasteiger partial charge < -0.3 is 10.4 Å². The molecule has 1 aliphatic carbocycles. The van der Waals surface area contributed by atoms with Crippen LogP contribution in [0.4, 0.5) is 0 Å². The number of carbonyl (C=O) groups excluding carboxylic acids is 1. The second-order valence-electron chi connectivity index (χ2n) is 5.16. The summed E-state index contributed by atoms with van der Waals surface area (Å²) < 4.78 is 1.52. The third-order valence-electron chi connectivity index (χ3n) is 3.69. The zero-order valence-corrected chi connectivity index (χ0v) is 11.1. The average Bonchev–Trinajstić information content (AvgIpc) is 2.65. The molecule has 0 unspecified atom stereocenters. The average molecular weight is 265 g/mol. The van der Waals surface area contributed by atoms with Crippen molar-refractivity contribution < 1.29 is 14.7 Å². The number of hydrogen-bond donors (Lipinski definition) is 2. The molecule has 0 aromatic carbocycles. The highest BCUT2D eigenvalue weighted by molar-refractivity contribution is 5.97. The molecule has 0 atom stereocenters. The molecule has 0 radical (unpaired) electrons. The van der Waals surface area contributed by atoms with Crippen LogP contribution >= 0.6 is 0 Å². The topological polar surface area (TPSA) is 84.2 Å². The van der Waals surface area contributed by atoms with E-state index in [0.29, 0.717) is 18.4 Å². The van der Waals surface area contributed by atoms with Gasteiger partial charge in [-0.2, -0.15) is 5.10 Å². The van der Waals surface area contributed by atoms with Crippen LogP contribution in [-0.4, -0.2) is 32.3 Å². The van der Waals surface area contributed by atoms with Crippen molar-refractivity contribution in [2.75, 3.05) is 0 Å². The molecule has 1 fully saturated rings. The third-order valence-corrected chi connectivity index (χ3v) is 3.69. The van der Waals surface area contributed by atoms with Crippen molar-refractivity contribution in [2.45, 2.75) is 44.1 Å². The first-order valence-electron chi connectivity index (χ1n) is 6.58. The van der Waals surface area contributed by atoms with Gasteiger partial charge in [0, 0.05) is 13.2 Å². The van der Waals surface area contributed by atoms with Gasteiger partial charge in [-0.15, -0.1) is 0 Å². The predicted octanol–water partition coefficient (Wildman–Crippen LogP) is 1.33. The molecule has 1 amide bonds. The fourth-order valence-corrected chi connectivity index (χ4v) is 2.55. The number of carboxylic acid groups (broad SMARTS) is 1. The van der Waals surface area contributed by atoms with Crippen molar-refractivity contribution >= 4 is 11.9 Å². The smallest absolute Gasteiger partial charge is 0.329 e. The first-order chi connectivity index (χ1) is 9.03. The van der Waals surface area contributed by atoms with Crippen LogP contribution in [0.2, 0.25) is 0 Å². The van der Waals surface area contributed by atoms with E-state index in [1.54, 1.807) is 13.2 Å². The number of nitrogens with one attached hydrogen (secondary N) is 1. The number of rotatable bonds is 3. The van der Waals surface area contributed by atoms with E-state index in [-0.39, 0.29) is 5.91 Å². The highest BCUT2D eigenvalue weighted by atomic mass is 16.4. The Kier molecular flexibility index (Phi) is 3.87. The van der Waals surface area contributed by atoms with Gasteiger partial charge in [-0.3, -0.25) is 9.48 Å². The number of hydrogen-bond acceptors (Lipinski definition) is 3. The summed E-state index contributed by atoms with van der Waals surface area (Å²) in [5, 5.41) is 16.1. The molecule has 19 heavy (non-hydrogen) atoms. The number of aromatic nitrogens is 2. The highest BCUT2D eigenvalue weighted by Crippen LogP contribution is 2.27. The molecule has 0 saturated heterocycles. The molecule has 6 heteroatoms. The van der Waals surface area contributed by atoms with Crippen LogP contribution in [0.5, 0.6) is 0 Å². The molecule has 2 rings (SSSR count). The van der Waals surface area contributed by atoms with Gasteiger partial charge >= 0.3 is 5.97 Å². The summed E-state index contributed by atoms with van der Waals surface area (Å²) in [7, 11) is 1.72. The van der Waals surface area contributed by atoms with Crippen LogP contribution in [-0.2, 0) is 11.8 Å². The Bertz CT molecular complexity index is 473. The molecule has 1 aliphatic rings. The Morgan fingerprint density at radius 2 is 1.95 bits per heavy atom. The molecular weight excluding hydrogens is 246 g/mol. The molecule has 104 valence electrons. The second kappa shape index (κ2) is 5.42. The van der Waals surface area contributed by atoms with Crippen LogP contribution in [0.1, 0.15) is 48.9 Å². The van der Waals surface area contributed by atoms with E-state index in [0.717, 1.165) is 25.7 Å². The lowest BCUT2D eigenvalue weighted by molar-refractivity contribution is -0.145. The van der Waals surface area contributed by atoms with Crippen molar-refractivity contribution in [3.63, 3.8) is 0 Å². The lowest BCUT2D eigenvalue weighted by atomic mass is 9.90. The summed E-state index contributed by atoms with van der Waals surface area (Å²) >= 11 is 0. The van der Waals surface area contributed by atoms with E-state index in [4.69, 9.17) is 0 Å². The number of carbonyl (C=O) groups is 2. The molecule has 2 N–H and O–H groups in total. The first kappa shape index (κ1) is 13.6. The summed E-state index contributed by atoms with van der Waals surface area (Å²) in [6, 6.07) is 0. The van der Waals surface area contributed by atoms with E-state index in [2.05, 4.69) is 10.4 Å². The maximum absolute atomic E-state index is 12.1. The van der Waals surface area contributed by atoms with Gasteiger partial charge in [-0.25, -0.2) is 4.79 Å². The van der Waals surface area contributed by atoms with Crippen LogP contribution in [0.25, 0.3) is 0 Å². The van der Waals surface area contributed by atoms with Gasteiger partial charge in [0.1, 0.15) is 5.54 Å². The second-order valence-corrected chi connectivity index (χ2v) is 5.16. The van der Waals surface area contributed by atoms with Crippen molar-refractivity contribution in [2.24, 2.45) is 7.05 Å². The van der Waals surface area contributed by atoms with Crippen LogP contribution in [0, 0.1) is 0 Å². The Morgan fingerprint density at radius 1 is 1.32 bits per heavy atom. The minimum absolute atomic E-state index is 0.364. The maximum Gasteiger partial charge on any atom is 0.329 e. The van der Waals surface area contributed by atoms with Crippen molar-refractivity contribution in [1.29, 1.82) is 0 Å². The normalized spacial score (nSPS) is 18.6. The van der Waals surface area contributed by atoms with Crippen LogP contribution in [0.3, 0.4) is 0 Å². The minimum Gasteiger partial charge on any atom is -0.480 e. The van der Waals surface area contributed by atoms with Crippen molar-refractivity contribution in [1.82, 2.24) is 15.1 Å². The Hall–Kier alpha value is -1.85. The van der Waals surface area contributed by atoms with E-state index in [9.17, 15) is 14.7 Å². The van der Waals surface area contributed by atoms with Crippen LogP contribution < -0.4 is 5.32 Å². The Balaban J connectivity index is 2.16. The van der Waals surface area contributed by atoms with Crippen molar-refractivity contribution in [3.8, 4) is 0 Å². The summed E-state index contributed by atoms with van der Waals surface area (Å²) in [6.07, 6.45) is 7.74. The maximum atomic E-state index is 12.1. The fourth-order valence-electron chi connectivity index (χ4n) is 2.55. The van der Waals surface area contributed by atoms with E-state index in [1.165, 1.54) is 10.9 Å². The zero-order valence-electron chi connectivity index (χ0n) is 11.1. The Labute approximate surface area is 111 Å². The first-order valence-corrected chi connectivity index (χ1v) is 6.58. The van der Waals surface area contributed by atoms with E-state index in [1.807, 2.05) is 0 Å². The molecule has 1 saturated carbocycles. The molecule has 1 aromatic rings. The number of amides is 1. The summed E-state index contributed by atoms with van der Waals surface area (Å²) in [6.45, 7) is 0. The van der Waals surface area contributed by atoms with Crippen molar-refractivity contribution in [3.05, 3.63) is 18.0 Å². The quantitative estimate of drug-likeness (QED) is 0.807. The SMILES string of the molecule is Cn1cc(C(=O)NC2(C(=O)O)CCCCCC2)cn1. The van der Waals surface area contributed by atoms with Gasteiger partial charge in [0.05, 0.1) is 11.8 Å². The van der Waals surface area contributed by atoms with E-state index < -0.39 is 11.5 Å². The zero-order chi connectivity index (χ0) is 13.9. The lowest BCUT2D eigenvalue weighted by Gasteiger charge is -2.29. The van der Waals surface area contributed by atoms with Gasteiger partial charge in [0.25, 0.3) is 5.91 Å². The molecule has 0 bridgehead atoms. The number of aliphatic carboxylic acids is 1. The Morgan fingerprint density at radius 3 is 2.42 bits per heavy atom. The predicted molar refractivity (Wildman–Crippen MR) is 68.7 cm³/mol. The van der Waals surface area contributed by atoms with Gasteiger partial charge in [0.15, 0.2) is 0 Å². The third kappa shape index (κ3) is 2.94. The summed E-state index contributed by atoms with van der Waals surface area (Å²) in [5.41, 5.74) is -0.726. The lowest BCUT2D eigenvalue weighted by Crippen LogP contribution is -2.54. The van der Waals surface area contributed by atoms with Gasteiger partial charge in [-0.1, -0.05) is 25.7 Å². The number of nitrogens with zero attached hydrogens (tertiary/aromatic N) is 2. The summed E-state index contributed by atoms with van der Waals surface area (Å²) in [4.78, 5) is 23.7. The number of aryl methyl sites for hydroxylation is 1. The van der Waals surface area contributed by atoms with E-state index >= 15 is 0 Å². The molecule has 1 heterocycles. The highest BCUT2D eigenvalue weighted by Gasteiger charge is 2.40. The number of carboxylic acids is 1. The fraction of sp³-hybridized carbons (Fsp3) is 0.615.